The summed E-state index contributed by atoms with van der Waals surface area (Å²) in [5, 5.41) is 14.9. The minimum Gasteiger partial charge on any atom is -0.481 e. The van der Waals surface area contributed by atoms with Gasteiger partial charge in [0.05, 0.1) is 16.8 Å². The van der Waals surface area contributed by atoms with E-state index in [1.54, 1.807) is 11.3 Å². The number of aromatic nitrogens is 1. The third kappa shape index (κ3) is 3.53. The van der Waals surface area contributed by atoms with Crippen molar-refractivity contribution in [1.29, 1.82) is 0 Å². The number of carbonyl (C=O) groups excluding carboxylic acids is 1. The molecular formula is C13H18N2O3S. The molecule has 2 unspecified atom stereocenters. The molecule has 0 aromatic carbocycles. The molecule has 0 radical (unpaired) electrons. The summed E-state index contributed by atoms with van der Waals surface area (Å²) in [6.07, 6.45) is 2.81. The molecule has 0 bridgehead atoms. The van der Waals surface area contributed by atoms with E-state index in [2.05, 4.69) is 10.3 Å². The van der Waals surface area contributed by atoms with Crippen LogP contribution in [0.1, 0.15) is 30.0 Å². The van der Waals surface area contributed by atoms with Gasteiger partial charge >= 0.3 is 5.97 Å². The summed E-state index contributed by atoms with van der Waals surface area (Å²) in [6.45, 7) is 2.46. The van der Waals surface area contributed by atoms with Gasteiger partial charge in [-0.3, -0.25) is 9.59 Å². The number of hydrogen-bond donors (Lipinski definition) is 2. The maximum atomic E-state index is 12.0. The second kappa shape index (κ2) is 6.14. The van der Waals surface area contributed by atoms with Gasteiger partial charge < -0.3 is 10.4 Å². The van der Waals surface area contributed by atoms with Gasteiger partial charge in [0.2, 0.25) is 5.91 Å². The molecule has 1 aliphatic carbocycles. The first-order valence-electron chi connectivity index (χ1n) is 6.49. The van der Waals surface area contributed by atoms with Crippen LogP contribution < -0.4 is 5.32 Å². The topological polar surface area (TPSA) is 79.3 Å². The molecule has 0 saturated heterocycles. The van der Waals surface area contributed by atoms with E-state index >= 15 is 0 Å². The van der Waals surface area contributed by atoms with Gasteiger partial charge in [0, 0.05) is 24.0 Å². The van der Waals surface area contributed by atoms with Crippen molar-refractivity contribution in [3.63, 3.8) is 0 Å². The summed E-state index contributed by atoms with van der Waals surface area (Å²) in [4.78, 5) is 27.3. The van der Waals surface area contributed by atoms with Crippen LogP contribution in [-0.2, 0) is 16.0 Å². The van der Waals surface area contributed by atoms with Gasteiger partial charge in [-0.2, -0.15) is 0 Å². The van der Waals surface area contributed by atoms with Gasteiger partial charge in [0.25, 0.3) is 0 Å². The highest BCUT2D eigenvalue weighted by atomic mass is 32.1. The summed E-state index contributed by atoms with van der Waals surface area (Å²) < 4.78 is 0. The number of aliphatic carboxylic acids is 1. The molecule has 1 aromatic heterocycles. The molecule has 1 heterocycles. The van der Waals surface area contributed by atoms with Crippen LogP contribution in [0.15, 0.2) is 5.38 Å². The summed E-state index contributed by atoms with van der Waals surface area (Å²) in [5.74, 6) is -1.86. The highest BCUT2D eigenvalue weighted by Crippen LogP contribution is 2.31. The Morgan fingerprint density at radius 2 is 2.21 bits per heavy atom. The lowest BCUT2D eigenvalue weighted by atomic mass is 9.95. The zero-order valence-corrected chi connectivity index (χ0v) is 11.7. The first-order chi connectivity index (χ1) is 9.08. The average molecular weight is 282 g/mol. The number of amides is 1. The van der Waals surface area contributed by atoms with Crippen molar-refractivity contribution in [2.24, 2.45) is 11.8 Å². The zero-order chi connectivity index (χ0) is 13.8. The van der Waals surface area contributed by atoms with Gasteiger partial charge in [-0.15, -0.1) is 11.3 Å². The van der Waals surface area contributed by atoms with Crippen molar-refractivity contribution in [2.45, 2.75) is 32.6 Å². The standard InChI is InChI=1S/C13H18N2O3S/c1-8-7-19-11(15-8)5-6-14-12(16)9-3-2-4-10(9)13(17)18/h7,9-10H,2-6H2,1H3,(H,14,16)(H,17,18). The molecule has 5 nitrogen and oxygen atoms in total. The summed E-state index contributed by atoms with van der Waals surface area (Å²) in [5.41, 5.74) is 0.994. The Labute approximate surface area is 116 Å². The summed E-state index contributed by atoms with van der Waals surface area (Å²) in [6, 6.07) is 0. The highest BCUT2D eigenvalue weighted by molar-refractivity contribution is 7.09. The number of carboxylic acids is 1. The first-order valence-corrected chi connectivity index (χ1v) is 7.37. The Hall–Kier alpha value is -1.43. The number of aryl methyl sites for hydroxylation is 1. The number of hydrogen-bond acceptors (Lipinski definition) is 4. The number of carbonyl (C=O) groups is 2. The Kier molecular flexibility index (Phi) is 4.52. The largest absolute Gasteiger partial charge is 0.481 e. The lowest BCUT2D eigenvalue weighted by Crippen LogP contribution is -2.36. The molecule has 6 heteroatoms. The van der Waals surface area contributed by atoms with Gasteiger partial charge in [-0.25, -0.2) is 4.98 Å². The fraction of sp³-hybridized carbons (Fsp3) is 0.615. The Morgan fingerprint density at radius 3 is 2.84 bits per heavy atom. The van der Waals surface area contributed by atoms with E-state index in [4.69, 9.17) is 5.11 Å². The van der Waals surface area contributed by atoms with E-state index in [1.165, 1.54) is 0 Å². The third-order valence-electron chi connectivity index (χ3n) is 3.47. The number of rotatable bonds is 5. The number of nitrogens with one attached hydrogen (secondary N) is 1. The number of carboxylic acid groups (broad SMARTS) is 1. The lowest BCUT2D eigenvalue weighted by Gasteiger charge is -2.15. The molecule has 104 valence electrons. The van der Waals surface area contributed by atoms with Crippen LogP contribution in [0.25, 0.3) is 0 Å². The highest BCUT2D eigenvalue weighted by Gasteiger charge is 2.37. The van der Waals surface area contributed by atoms with Crippen molar-refractivity contribution in [3.8, 4) is 0 Å². The SMILES string of the molecule is Cc1csc(CCNC(=O)C2CCCC2C(=O)O)n1. The maximum absolute atomic E-state index is 12.0. The summed E-state index contributed by atoms with van der Waals surface area (Å²) in [7, 11) is 0. The third-order valence-corrected chi connectivity index (χ3v) is 4.50. The monoisotopic (exact) mass is 282 g/mol. The van der Waals surface area contributed by atoms with Crippen LogP contribution in [0, 0.1) is 18.8 Å². The van der Waals surface area contributed by atoms with Crippen LogP contribution in [0.4, 0.5) is 0 Å². The van der Waals surface area contributed by atoms with E-state index in [1.807, 2.05) is 12.3 Å². The molecule has 1 saturated carbocycles. The van der Waals surface area contributed by atoms with Crippen molar-refractivity contribution >= 4 is 23.2 Å². The summed E-state index contributed by atoms with van der Waals surface area (Å²) >= 11 is 1.58. The van der Waals surface area contributed by atoms with Crippen LogP contribution in [-0.4, -0.2) is 28.5 Å². The molecule has 1 aromatic rings. The zero-order valence-electron chi connectivity index (χ0n) is 10.9. The molecule has 2 atom stereocenters. The van der Waals surface area contributed by atoms with Crippen LogP contribution in [0.2, 0.25) is 0 Å². The Morgan fingerprint density at radius 1 is 1.47 bits per heavy atom. The van der Waals surface area contributed by atoms with E-state index in [0.717, 1.165) is 17.1 Å². The molecule has 1 fully saturated rings. The molecule has 0 spiro atoms. The predicted molar refractivity (Wildman–Crippen MR) is 72.0 cm³/mol. The van der Waals surface area contributed by atoms with Gasteiger partial charge in [0.15, 0.2) is 0 Å². The second-order valence-corrected chi connectivity index (χ2v) is 5.85. The lowest BCUT2D eigenvalue weighted by molar-refractivity contribution is -0.146. The number of nitrogens with zero attached hydrogens (tertiary/aromatic N) is 1. The molecule has 19 heavy (non-hydrogen) atoms. The van der Waals surface area contributed by atoms with E-state index in [0.29, 0.717) is 25.8 Å². The van der Waals surface area contributed by atoms with Gasteiger partial charge in [-0.05, 0) is 19.8 Å². The normalized spacial score (nSPS) is 22.4. The predicted octanol–water partition coefficient (Wildman–Crippen LogP) is 1.61. The van der Waals surface area contributed by atoms with Crippen molar-refractivity contribution in [2.75, 3.05) is 6.54 Å². The van der Waals surface area contributed by atoms with E-state index in [9.17, 15) is 9.59 Å². The molecule has 0 aliphatic heterocycles. The quantitative estimate of drug-likeness (QED) is 0.860. The van der Waals surface area contributed by atoms with E-state index < -0.39 is 11.9 Å². The minimum atomic E-state index is -0.854. The minimum absolute atomic E-state index is 0.127. The van der Waals surface area contributed by atoms with Crippen LogP contribution in [0.5, 0.6) is 0 Å². The maximum Gasteiger partial charge on any atom is 0.307 e. The van der Waals surface area contributed by atoms with Crippen molar-refractivity contribution in [1.82, 2.24) is 10.3 Å². The number of thiazole rings is 1. The average Bonchev–Trinajstić information content (AvgIpc) is 2.97. The molecule has 1 amide bonds. The van der Waals surface area contributed by atoms with Crippen LogP contribution >= 0.6 is 11.3 Å². The Bertz CT molecular complexity index is 472. The molecular weight excluding hydrogens is 264 g/mol. The molecule has 2 N–H and O–H groups in total. The molecule has 2 rings (SSSR count). The fourth-order valence-corrected chi connectivity index (χ4v) is 3.29. The smallest absolute Gasteiger partial charge is 0.307 e. The Balaban J connectivity index is 1.79. The second-order valence-electron chi connectivity index (χ2n) is 4.91. The van der Waals surface area contributed by atoms with E-state index in [-0.39, 0.29) is 11.8 Å². The van der Waals surface area contributed by atoms with Crippen molar-refractivity contribution in [3.05, 3.63) is 16.1 Å². The fourth-order valence-electron chi connectivity index (χ4n) is 2.51. The molecule has 1 aliphatic rings. The van der Waals surface area contributed by atoms with Crippen LogP contribution in [0.3, 0.4) is 0 Å². The van der Waals surface area contributed by atoms with Gasteiger partial charge in [-0.1, -0.05) is 6.42 Å². The first kappa shape index (κ1) is 14.0. The van der Waals surface area contributed by atoms with Crippen molar-refractivity contribution < 1.29 is 14.7 Å². The van der Waals surface area contributed by atoms with Gasteiger partial charge in [0.1, 0.15) is 0 Å².